The molecule has 0 saturated heterocycles. The van der Waals surface area contributed by atoms with Gasteiger partial charge >= 0.3 is 0 Å². The van der Waals surface area contributed by atoms with Crippen molar-refractivity contribution in [2.45, 2.75) is 13.5 Å². The van der Waals surface area contributed by atoms with E-state index in [-0.39, 0.29) is 5.91 Å². The van der Waals surface area contributed by atoms with Crippen LogP contribution in [0.5, 0.6) is 0 Å². The summed E-state index contributed by atoms with van der Waals surface area (Å²) in [4.78, 5) is 12.4. The number of anilines is 1. The third-order valence-electron chi connectivity index (χ3n) is 3.46. The van der Waals surface area contributed by atoms with E-state index in [9.17, 15) is 4.79 Å². The van der Waals surface area contributed by atoms with Crippen molar-refractivity contribution in [3.05, 3.63) is 65.5 Å². The van der Waals surface area contributed by atoms with Crippen LogP contribution in [0.3, 0.4) is 0 Å². The highest BCUT2D eigenvalue weighted by Crippen LogP contribution is 2.19. The van der Waals surface area contributed by atoms with Crippen molar-refractivity contribution < 1.29 is 4.79 Å². The molecule has 2 aromatic heterocycles. The van der Waals surface area contributed by atoms with E-state index in [1.54, 1.807) is 10.7 Å². The van der Waals surface area contributed by atoms with Gasteiger partial charge in [0.15, 0.2) is 0 Å². The Hall–Kier alpha value is -2.66. The summed E-state index contributed by atoms with van der Waals surface area (Å²) in [6, 6.07) is 11.4. The smallest absolute Gasteiger partial charge is 0.259 e. The molecule has 2 heterocycles. The van der Waals surface area contributed by atoms with Crippen molar-refractivity contribution >= 4 is 17.1 Å². The van der Waals surface area contributed by atoms with E-state index in [0.29, 0.717) is 12.1 Å². The summed E-state index contributed by atoms with van der Waals surface area (Å²) in [5.74, 6) is -0.173. The summed E-state index contributed by atoms with van der Waals surface area (Å²) < 4.78 is 1.68. The Morgan fingerprint density at radius 3 is 3.00 bits per heavy atom. The maximum atomic E-state index is 12.4. The molecule has 106 valence electrons. The molecule has 5 heteroatoms. The number of nitrogens with one attached hydrogen (secondary N) is 1. The standard InChI is InChI=1S/C16H16N4O/c1-11-5-6-12(9-17)8-14(11)19-16(21)13-10-18-20-7-3-2-4-15(13)20/h2-8,10H,9,17H2,1H3,(H,19,21). The van der Waals surface area contributed by atoms with Gasteiger partial charge in [-0.2, -0.15) is 5.10 Å². The number of rotatable bonds is 3. The van der Waals surface area contributed by atoms with Gasteiger partial charge in [-0.3, -0.25) is 4.79 Å². The second kappa shape index (κ2) is 5.38. The van der Waals surface area contributed by atoms with Crippen molar-refractivity contribution in [1.29, 1.82) is 0 Å². The zero-order valence-electron chi connectivity index (χ0n) is 11.7. The third kappa shape index (κ3) is 2.51. The lowest BCUT2D eigenvalue weighted by Crippen LogP contribution is -2.13. The second-order valence-electron chi connectivity index (χ2n) is 4.90. The number of aromatic nitrogens is 2. The number of hydrogen-bond donors (Lipinski definition) is 2. The van der Waals surface area contributed by atoms with E-state index in [1.165, 1.54) is 0 Å². The van der Waals surface area contributed by atoms with Gasteiger partial charge in [0.1, 0.15) is 0 Å². The fourth-order valence-corrected chi connectivity index (χ4v) is 2.23. The fourth-order valence-electron chi connectivity index (χ4n) is 2.23. The molecule has 0 bridgehead atoms. The maximum absolute atomic E-state index is 12.4. The molecule has 0 aliphatic rings. The highest BCUT2D eigenvalue weighted by molar-refractivity contribution is 6.09. The predicted octanol–water partition coefficient (Wildman–Crippen LogP) is 2.35. The first-order valence-electron chi connectivity index (χ1n) is 6.72. The molecular weight excluding hydrogens is 264 g/mol. The number of hydrogen-bond acceptors (Lipinski definition) is 3. The lowest BCUT2D eigenvalue weighted by atomic mass is 10.1. The van der Waals surface area contributed by atoms with Crippen LogP contribution < -0.4 is 11.1 Å². The van der Waals surface area contributed by atoms with Gasteiger partial charge in [0.25, 0.3) is 5.91 Å². The molecule has 3 aromatic rings. The number of fused-ring (bicyclic) bond motifs is 1. The Balaban J connectivity index is 1.93. The van der Waals surface area contributed by atoms with E-state index in [0.717, 1.165) is 22.3 Å². The zero-order chi connectivity index (χ0) is 14.8. The Morgan fingerprint density at radius 1 is 1.33 bits per heavy atom. The Kier molecular flexibility index (Phi) is 3.41. The molecule has 0 saturated carbocycles. The van der Waals surface area contributed by atoms with Crippen molar-refractivity contribution in [2.24, 2.45) is 5.73 Å². The Morgan fingerprint density at radius 2 is 2.19 bits per heavy atom. The largest absolute Gasteiger partial charge is 0.326 e. The number of amides is 1. The first kappa shape index (κ1) is 13.3. The van der Waals surface area contributed by atoms with Gasteiger partial charge in [0.05, 0.1) is 17.3 Å². The highest BCUT2D eigenvalue weighted by Gasteiger charge is 2.13. The van der Waals surface area contributed by atoms with Gasteiger partial charge in [-0.15, -0.1) is 0 Å². The van der Waals surface area contributed by atoms with Crippen LogP contribution in [0.4, 0.5) is 5.69 Å². The fraction of sp³-hybridized carbons (Fsp3) is 0.125. The number of aryl methyl sites for hydroxylation is 1. The van der Waals surface area contributed by atoms with Crippen LogP contribution >= 0.6 is 0 Å². The van der Waals surface area contributed by atoms with Crippen LogP contribution in [-0.4, -0.2) is 15.5 Å². The molecule has 1 amide bonds. The summed E-state index contributed by atoms with van der Waals surface area (Å²) in [6.45, 7) is 2.39. The molecule has 1 aromatic carbocycles. The molecule has 0 fully saturated rings. The molecular formula is C16H16N4O. The van der Waals surface area contributed by atoms with Crippen LogP contribution in [0.1, 0.15) is 21.5 Å². The molecule has 3 N–H and O–H groups in total. The molecule has 0 atom stereocenters. The molecule has 5 nitrogen and oxygen atoms in total. The minimum Gasteiger partial charge on any atom is -0.326 e. The molecule has 0 spiro atoms. The van der Waals surface area contributed by atoms with E-state index in [4.69, 9.17) is 5.73 Å². The average Bonchev–Trinajstić information content (AvgIpc) is 2.93. The van der Waals surface area contributed by atoms with E-state index >= 15 is 0 Å². The number of benzene rings is 1. The molecule has 3 rings (SSSR count). The Bertz CT molecular complexity index is 807. The lowest BCUT2D eigenvalue weighted by molar-refractivity contribution is 0.102. The van der Waals surface area contributed by atoms with E-state index in [1.807, 2.05) is 49.5 Å². The summed E-state index contributed by atoms with van der Waals surface area (Å²) in [7, 11) is 0. The molecule has 0 aliphatic heterocycles. The number of nitrogens with zero attached hydrogens (tertiary/aromatic N) is 2. The van der Waals surface area contributed by atoms with Crippen LogP contribution in [0.25, 0.3) is 5.52 Å². The summed E-state index contributed by atoms with van der Waals surface area (Å²) in [5.41, 5.74) is 9.73. The maximum Gasteiger partial charge on any atom is 0.259 e. The van der Waals surface area contributed by atoms with Crippen molar-refractivity contribution in [3.8, 4) is 0 Å². The first-order chi connectivity index (χ1) is 10.2. The third-order valence-corrected chi connectivity index (χ3v) is 3.46. The van der Waals surface area contributed by atoms with Crippen LogP contribution in [-0.2, 0) is 6.54 Å². The minimum absolute atomic E-state index is 0.173. The van der Waals surface area contributed by atoms with Gasteiger partial charge < -0.3 is 11.1 Å². The van der Waals surface area contributed by atoms with Crippen molar-refractivity contribution in [3.63, 3.8) is 0 Å². The number of carbonyl (C=O) groups is 1. The van der Waals surface area contributed by atoms with Gasteiger partial charge in [-0.1, -0.05) is 18.2 Å². The van der Waals surface area contributed by atoms with Crippen molar-refractivity contribution in [2.75, 3.05) is 5.32 Å². The molecule has 0 aliphatic carbocycles. The molecule has 0 radical (unpaired) electrons. The number of carbonyl (C=O) groups excluding carboxylic acids is 1. The number of pyridine rings is 1. The summed E-state index contributed by atoms with van der Waals surface area (Å²) in [5, 5.41) is 7.10. The van der Waals surface area contributed by atoms with Gasteiger partial charge in [-0.25, -0.2) is 4.52 Å². The average molecular weight is 280 g/mol. The summed E-state index contributed by atoms with van der Waals surface area (Å²) in [6.07, 6.45) is 3.39. The lowest BCUT2D eigenvalue weighted by Gasteiger charge is -2.09. The Labute approximate surface area is 122 Å². The second-order valence-corrected chi connectivity index (χ2v) is 4.90. The predicted molar refractivity (Wildman–Crippen MR) is 82.2 cm³/mol. The van der Waals surface area contributed by atoms with Crippen LogP contribution in [0.2, 0.25) is 0 Å². The normalized spacial score (nSPS) is 10.8. The van der Waals surface area contributed by atoms with Gasteiger partial charge in [0, 0.05) is 18.4 Å². The van der Waals surface area contributed by atoms with Crippen LogP contribution in [0, 0.1) is 6.92 Å². The summed E-state index contributed by atoms with van der Waals surface area (Å²) >= 11 is 0. The highest BCUT2D eigenvalue weighted by atomic mass is 16.1. The molecule has 0 unspecified atom stereocenters. The van der Waals surface area contributed by atoms with E-state index in [2.05, 4.69) is 10.4 Å². The minimum atomic E-state index is -0.173. The first-order valence-corrected chi connectivity index (χ1v) is 6.72. The van der Waals surface area contributed by atoms with Crippen molar-refractivity contribution in [1.82, 2.24) is 9.61 Å². The van der Waals surface area contributed by atoms with Gasteiger partial charge in [0.2, 0.25) is 0 Å². The zero-order valence-corrected chi connectivity index (χ0v) is 11.7. The van der Waals surface area contributed by atoms with Crippen LogP contribution in [0.15, 0.2) is 48.8 Å². The SMILES string of the molecule is Cc1ccc(CN)cc1NC(=O)c1cnn2ccccc12. The quantitative estimate of drug-likeness (QED) is 0.773. The van der Waals surface area contributed by atoms with E-state index < -0.39 is 0 Å². The monoisotopic (exact) mass is 280 g/mol. The molecule has 21 heavy (non-hydrogen) atoms. The topological polar surface area (TPSA) is 72.4 Å². The van der Waals surface area contributed by atoms with Gasteiger partial charge in [-0.05, 0) is 36.2 Å². The number of nitrogens with two attached hydrogens (primary N) is 1.